The highest BCUT2D eigenvalue weighted by Crippen LogP contribution is 2.28. The molecule has 0 saturated carbocycles. The molecule has 1 fully saturated rings. The molecule has 140 valence electrons. The lowest BCUT2D eigenvalue weighted by molar-refractivity contribution is -0.132. The highest BCUT2D eigenvalue weighted by Gasteiger charge is 2.27. The molecule has 0 atom stereocenters. The standard InChI is InChI=1S/C19H19ClN4O2S/c20-16-6-5-15(27-16)14(25)4-7-18(26)23-11-8-13(9-12-23)19-22-21-17-3-1-2-10-24(17)19/h1-3,5-6,10,13H,4,7-9,11-12H2. The van der Waals surface area contributed by atoms with Gasteiger partial charge in [0.15, 0.2) is 11.4 Å². The largest absolute Gasteiger partial charge is 0.343 e. The first kappa shape index (κ1) is 18.1. The van der Waals surface area contributed by atoms with Crippen molar-refractivity contribution >= 4 is 40.3 Å². The zero-order valence-corrected chi connectivity index (χ0v) is 16.2. The molecule has 1 saturated heterocycles. The van der Waals surface area contributed by atoms with Gasteiger partial charge in [0, 0.05) is 38.0 Å². The lowest BCUT2D eigenvalue weighted by Crippen LogP contribution is -2.38. The molecule has 3 aromatic rings. The Labute approximate surface area is 165 Å². The van der Waals surface area contributed by atoms with E-state index < -0.39 is 0 Å². The molecule has 8 heteroatoms. The lowest BCUT2D eigenvalue weighted by atomic mass is 9.95. The fraction of sp³-hybridized carbons (Fsp3) is 0.368. The highest BCUT2D eigenvalue weighted by atomic mass is 35.5. The number of pyridine rings is 1. The number of hydrogen-bond donors (Lipinski definition) is 0. The lowest BCUT2D eigenvalue weighted by Gasteiger charge is -2.31. The Bertz CT molecular complexity index is 975. The monoisotopic (exact) mass is 402 g/mol. The first-order chi connectivity index (χ1) is 13.1. The molecule has 0 aliphatic carbocycles. The van der Waals surface area contributed by atoms with Gasteiger partial charge in [0.1, 0.15) is 5.82 Å². The number of nitrogens with zero attached hydrogens (tertiary/aromatic N) is 4. The van der Waals surface area contributed by atoms with Gasteiger partial charge in [0.25, 0.3) is 0 Å². The fourth-order valence-corrected chi connectivity index (χ4v) is 4.50. The van der Waals surface area contributed by atoms with Crippen LogP contribution in [0.4, 0.5) is 0 Å². The summed E-state index contributed by atoms with van der Waals surface area (Å²) in [5.41, 5.74) is 0.846. The number of likely N-dealkylation sites (tertiary alicyclic amines) is 1. The van der Waals surface area contributed by atoms with Crippen LogP contribution in [-0.4, -0.2) is 44.3 Å². The molecule has 1 aliphatic rings. The number of piperidine rings is 1. The molecule has 4 heterocycles. The Morgan fingerprint density at radius 1 is 1.11 bits per heavy atom. The minimum Gasteiger partial charge on any atom is -0.343 e. The molecule has 1 aliphatic heterocycles. The Morgan fingerprint density at radius 2 is 1.93 bits per heavy atom. The number of halogens is 1. The van der Waals surface area contributed by atoms with E-state index in [9.17, 15) is 9.59 Å². The van der Waals surface area contributed by atoms with Crippen molar-refractivity contribution in [3.8, 4) is 0 Å². The third kappa shape index (κ3) is 3.89. The van der Waals surface area contributed by atoms with Crippen molar-refractivity contribution in [2.75, 3.05) is 13.1 Å². The molecule has 4 rings (SSSR count). The van der Waals surface area contributed by atoms with Gasteiger partial charge in [0.05, 0.1) is 9.21 Å². The summed E-state index contributed by atoms with van der Waals surface area (Å²) in [5.74, 6) is 1.27. The number of amides is 1. The molecule has 0 aromatic carbocycles. The number of hydrogen-bond acceptors (Lipinski definition) is 5. The second kappa shape index (κ2) is 7.78. The quantitative estimate of drug-likeness (QED) is 0.608. The van der Waals surface area contributed by atoms with E-state index in [1.807, 2.05) is 33.7 Å². The van der Waals surface area contributed by atoms with Gasteiger partial charge in [-0.05, 0) is 37.1 Å². The third-order valence-electron chi connectivity index (χ3n) is 4.97. The van der Waals surface area contributed by atoms with Crippen LogP contribution in [0.3, 0.4) is 0 Å². The molecule has 0 N–H and O–H groups in total. The van der Waals surface area contributed by atoms with Gasteiger partial charge in [-0.2, -0.15) is 0 Å². The Balaban J connectivity index is 1.31. The average Bonchev–Trinajstić information content (AvgIpc) is 3.32. The summed E-state index contributed by atoms with van der Waals surface area (Å²) in [5, 5.41) is 8.55. The number of ketones is 1. The zero-order chi connectivity index (χ0) is 18.8. The van der Waals surface area contributed by atoms with Gasteiger partial charge in [-0.15, -0.1) is 21.5 Å². The molecule has 0 radical (unpaired) electrons. The molecule has 6 nitrogen and oxygen atoms in total. The molecule has 27 heavy (non-hydrogen) atoms. The van der Waals surface area contributed by atoms with E-state index in [0.29, 0.717) is 28.2 Å². The van der Waals surface area contributed by atoms with Crippen LogP contribution in [0.15, 0.2) is 36.5 Å². The summed E-state index contributed by atoms with van der Waals surface area (Å²) in [7, 11) is 0. The second-order valence-electron chi connectivity index (χ2n) is 6.67. The maximum absolute atomic E-state index is 12.5. The highest BCUT2D eigenvalue weighted by molar-refractivity contribution is 7.18. The Morgan fingerprint density at radius 3 is 2.67 bits per heavy atom. The molecular weight excluding hydrogens is 384 g/mol. The average molecular weight is 403 g/mol. The zero-order valence-electron chi connectivity index (χ0n) is 14.7. The summed E-state index contributed by atoms with van der Waals surface area (Å²) in [6.45, 7) is 1.37. The summed E-state index contributed by atoms with van der Waals surface area (Å²) in [6.07, 6.45) is 4.16. The smallest absolute Gasteiger partial charge is 0.223 e. The summed E-state index contributed by atoms with van der Waals surface area (Å²) >= 11 is 7.12. The van der Waals surface area contributed by atoms with Crippen molar-refractivity contribution in [3.63, 3.8) is 0 Å². The van der Waals surface area contributed by atoms with Crippen molar-refractivity contribution in [1.82, 2.24) is 19.5 Å². The van der Waals surface area contributed by atoms with Crippen LogP contribution in [0.5, 0.6) is 0 Å². The van der Waals surface area contributed by atoms with Crippen molar-refractivity contribution < 1.29 is 9.59 Å². The fourth-order valence-electron chi connectivity index (χ4n) is 3.49. The Kier molecular flexibility index (Phi) is 5.22. The second-order valence-corrected chi connectivity index (χ2v) is 8.38. The van der Waals surface area contributed by atoms with Crippen molar-refractivity contribution in [2.24, 2.45) is 0 Å². The first-order valence-corrected chi connectivity index (χ1v) is 10.2. The van der Waals surface area contributed by atoms with Gasteiger partial charge in [-0.25, -0.2) is 0 Å². The predicted octanol–water partition coefficient (Wildman–Crippen LogP) is 3.81. The summed E-state index contributed by atoms with van der Waals surface area (Å²) < 4.78 is 2.61. The van der Waals surface area contributed by atoms with Gasteiger partial charge >= 0.3 is 0 Å². The van der Waals surface area contributed by atoms with Crippen LogP contribution >= 0.6 is 22.9 Å². The maximum atomic E-state index is 12.5. The maximum Gasteiger partial charge on any atom is 0.223 e. The van der Waals surface area contributed by atoms with E-state index in [1.165, 1.54) is 11.3 Å². The molecule has 0 unspecified atom stereocenters. The van der Waals surface area contributed by atoms with Crippen molar-refractivity contribution in [2.45, 2.75) is 31.6 Å². The number of carbonyl (C=O) groups excluding carboxylic acids is 2. The van der Waals surface area contributed by atoms with E-state index in [-0.39, 0.29) is 24.5 Å². The number of thiophene rings is 1. The van der Waals surface area contributed by atoms with Crippen LogP contribution in [0.1, 0.15) is 47.1 Å². The summed E-state index contributed by atoms with van der Waals surface area (Å²) in [4.78, 5) is 27.1. The van der Waals surface area contributed by atoms with E-state index in [4.69, 9.17) is 11.6 Å². The Hall–Kier alpha value is -2.25. The van der Waals surface area contributed by atoms with Crippen LogP contribution in [-0.2, 0) is 4.79 Å². The first-order valence-electron chi connectivity index (χ1n) is 8.98. The van der Waals surface area contributed by atoms with Crippen LogP contribution in [0.25, 0.3) is 5.65 Å². The molecule has 0 spiro atoms. The topological polar surface area (TPSA) is 67.6 Å². The van der Waals surface area contributed by atoms with E-state index >= 15 is 0 Å². The normalized spacial score (nSPS) is 15.4. The van der Waals surface area contributed by atoms with Crippen LogP contribution in [0.2, 0.25) is 4.34 Å². The summed E-state index contributed by atoms with van der Waals surface area (Å²) in [6, 6.07) is 9.28. The molecule has 3 aromatic heterocycles. The SMILES string of the molecule is O=C(CCC(=O)N1CCC(c2nnc3ccccn23)CC1)c1ccc(Cl)s1. The minimum absolute atomic E-state index is 0.0231. The molecule has 1 amide bonds. The number of rotatable bonds is 5. The van der Waals surface area contributed by atoms with Crippen molar-refractivity contribution in [3.05, 3.63) is 51.6 Å². The van der Waals surface area contributed by atoms with Crippen LogP contribution in [0, 0.1) is 0 Å². The number of carbonyl (C=O) groups is 2. The minimum atomic E-state index is -0.0231. The third-order valence-corrected chi connectivity index (χ3v) is 6.24. The van der Waals surface area contributed by atoms with Crippen molar-refractivity contribution in [1.29, 1.82) is 0 Å². The van der Waals surface area contributed by atoms with Gasteiger partial charge in [-0.1, -0.05) is 17.7 Å². The van der Waals surface area contributed by atoms with Gasteiger partial charge in [0.2, 0.25) is 5.91 Å². The van der Waals surface area contributed by atoms with Crippen LogP contribution < -0.4 is 0 Å². The number of fused-ring (bicyclic) bond motifs is 1. The van der Waals surface area contributed by atoms with Gasteiger partial charge < -0.3 is 4.90 Å². The van der Waals surface area contributed by atoms with E-state index in [2.05, 4.69) is 10.2 Å². The molecule has 0 bridgehead atoms. The van der Waals surface area contributed by atoms with E-state index in [0.717, 1.165) is 24.3 Å². The van der Waals surface area contributed by atoms with E-state index in [1.54, 1.807) is 12.1 Å². The number of Topliss-reactive ketones (excluding diaryl/α,β-unsaturated/α-hetero) is 1. The van der Waals surface area contributed by atoms with Gasteiger partial charge in [-0.3, -0.25) is 14.0 Å². The molecular formula is C19H19ClN4O2S. The predicted molar refractivity (Wildman–Crippen MR) is 104 cm³/mol. The number of aromatic nitrogens is 3.